The topological polar surface area (TPSA) is 71.1 Å². The molecule has 5 nitrogen and oxygen atoms in total. The molecule has 0 radical (unpaired) electrons. The van der Waals surface area contributed by atoms with Gasteiger partial charge in [0.1, 0.15) is 4.90 Å². The van der Waals surface area contributed by atoms with Crippen molar-refractivity contribution in [3.05, 3.63) is 45.9 Å². The van der Waals surface area contributed by atoms with E-state index >= 15 is 0 Å². The van der Waals surface area contributed by atoms with Gasteiger partial charge in [-0.25, -0.2) is 13.1 Å². The first kappa shape index (κ1) is 16.1. The summed E-state index contributed by atoms with van der Waals surface area (Å²) in [5.41, 5.74) is 1.66. The lowest BCUT2D eigenvalue weighted by Gasteiger charge is -2.09. The Balaban J connectivity index is 2.07. The van der Waals surface area contributed by atoms with Crippen molar-refractivity contribution in [3.8, 4) is 0 Å². The van der Waals surface area contributed by atoms with Gasteiger partial charge in [0.15, 0.2) is 0 Å². The maximum absolute atomic E-state index is 12.4. The van der Waals surface area contributed by atoms with Gasteiger partial charge in [-0.15, -0.1) is 11.3 Å². The first-order valence-electron chi connectivity index (χ1n) is 6.65. The predicted octanol–water partition coefficient (Wildman–Crippen LogP) is 1.69. The SMILES string of the molecule is CNCc1scc(C)c1S(=O)(=O)NCCc1ccccn1. The zero-order chi connectivity index (χ0) is 15.3. The second-order valence-corrected chi connectivity index (χ2v) is 7.34. The average molecular weight is 325 g/mol. The Morgan fingerprint density at radius 2 is 2.14 bits per heavy atom. The number of rotatable bonds is 7. The highest BCUT2D eigenvalue weighted by Gasteiger charge is 2.22. The largest absolute Gasteiger partial charge is 0.315 e. The fourth-order valence-electron chi connectivity index (χ4n) is 2.06. The minimum Gasteiger partial charge on any atom is -0.315 e. The summed E-state index contributed by atoms with van der Waals surface area (Å²) in [6.07, 6.45) is 2.28. The zero-order valence-corrected chi connectivity index (χ0v) is 13.7. The Labute approximate surface area is 129 Å². The number of nitrogens with zero attached hydrogens (tertiary/aromatic N) is 1. The number of sulfonamides is 1. The molecule has 0 aliphatic heterocycles. The minimum atomic E-state index is -3.48. The summed E-state index contributed by atoms with van der Waals surface area (Å²) in [6, 6.07) is 5.62. The summed E-state index contributed by atoms with van der Waals surface area (Å²) in [4.78, 5) is 5.42. The molecule has 0 unspecified atom stereocenters. The van der Waals surface area contributed by atoms with Crippen LogP contribution in [0.1, 0.15) is 16.1 Å². The second kappa shape index (κ2) is 7.13. The van der Waals surface area contributed by atoms with Crippen molar-refractivity contribution in [1.29, 1.82) is 0 Å². The summed E-state index contributed by atoms with van der Waals surface area (Å²) in [6.45, 7) is 2.71. The van der Waals surface area contributed by atoms with E-state index in [1.807, 2.05) is 30.5 Å². The maximum atomic E-state index is 12.4. The number of hydrogen-bond acceptors (Lipinski definition) is 5. The number of pyridine rings is 1. The van der Waals surface area contributed by atoms with Gasteiger partial charge in [-0.2, -0.15) is 0 Å². The van der Waals surface area contributed by atoms with Gasteiger partial charge in [0.05, 0.1) is 0 Å². The van der Waals surface area contributed by atoms with Crippen molar-refractivity contribution in [2.24, 2.45) is 0 Å². The van der Waals surface area contributed by atoms with Gasteiger partial charge >= 0.3 is 0 Å². The number of nitrogens with one attached hydrogen (secondary N) is 2. The van der Waals surface area contributed by atoms with Crippen LogP contribution in [0, 0.1) is 6.92 Å². The summed E-state index contributed by atoms with van der Waals surface area (Å²) in [5.74, 6) is 0. The molecule has 2 aromatic heterocycles. The van der Waals surface area contributed by atoms with Crippen LogP contribution < -0.4 is 10.0 Å². The van der Waals surface area contributed by atoms with E-state index in [9.17, 15) is 8.42 Å². The summed E-state index contributed by atoms with van der Waals surface area (Å²) in [7, 11) is -1.67. The molecule has 0 saturated heterocycles. The molecule has 0 spiro atoms. The van der Waals surface area contributed by atoms with Crippen molar-refractivity contribution in [3.63, 3.8) is 0 Å². The molecule has 0 fully saturated rings. The van der Waals surface area contributed by atoms with E-state index in [1.165, 1.54) is 11.3 Å². The Morgan fingerprint density at radius 1 is 1.33 bits per heavy atom. The molecule has 21 heavy (non-hydrogen) atoms. The van der Waals surface area contributed by atoms with Crippen LogP contribution in [0.3, 0.4) is 0 Å². The van der Waals surface area contributed by atoms with Gasteiger partial charge < -0.3 is 5.32 Å². The Bertz CT molecular complexity index is 681. The van der Waals surface area contributed by atoms with E-state index in [4.69, 9.17) is 0 Å². The van der Waals surface area contributed by atoms with Gasteiger partial charge in [0.2, 0.25) is 10.0 Å². The van der Waals surface area contributed by atoms with Gasteiger partial charge in [-0.3, -0.25) is 4.98 Å². The van der Waals surface area contributed by atoms with E-state index < -0.39 is 10.0 Å². The fraction of sp³-hybridized carbons (Fsp3) is 0.357. The standard InChI is InChI=1S/C14H19N3O2S2/c1-11-10-20-13(9-15-2)14(11)21(18,19)17-8-6-12-5-3-4-7-16-12/h3-5,7,10,15,17H,6,8-9H2,1-2H3. The van der Waals surface area contributed by atoms with Crippen molar-refractivity contribution in [2.45, 2.75) is 24.8 Å². The average Bonchev–Trinajstić information content (AvgIpc) is 2.82. The number of aryl methyl sites for hydroxylation is 1. The van der Waals surface area contributed by atoms with E-state index in [1.54, 1.807) is 13.2 Å². The van der Waals surface area contributed by atoms with Crippen molar-refractivity contribution >= 4 is 21.4 Å². The molecule has 7 heteroatoms. The van der Waals surface area contributed by atoms with E-state index in [0.717, 1.165) is 16.1 Å². The summed E-state index contributed by atoms with van der Waals surface area (Å²) >= 11 is 1.46. The number of thiophene rings is 1. The quantitative estimate of drug-likeness (QED) is 0.813. The Hall–Kier alpha value is -1.28. The molecule has 0 atom stereocenters. The Kier molecular flexibility index (Phi) is 5.46. The smallest absolute Gasteiger partial charge is 0.241 e. The molecule has 0 aromatic carbocycles. The highest BCUT2D eigenvalue weighted by molar-refractivity contribution is 7.89. The molecule has 0 amide bonds. The van der Waals surface area contributed by atoms with Gasteiger partial charge in [-0.1, -0.05) is 6.07 Å². The van der Waals surface area contributed by atoms with Crippen molar-refractivity contribution < 1.29 is 8.42 Å². The Morgan fingerprint density at radius 3 is 2.81 bits per heavy atom. The highest BCUT2D eigenvalue weighted by atomic mass is 32.2. The summed E-state index contributed by atoms with van der Waals surface area (Å²) in [5, 5.41) is 4.87. The molecule has 2 heterocycles. The molecule has 0 aliphatic carbocycles. The highest BCUT2D eigenvalue weighted by Crippen LogP contribution is 2.26. The second-order valence-electron chi connectivity index (χ2n) is 4.67. The van der Waals surface area contributed by atoms with Crippen LogP contribution in [-0.2, 0) is 23.0 Å². The fourth-order valence-corrected chi connectivity index (χ4v) is 4.91. The molecule has 2 N–H and O–H groups in total. The minimum absolute atomic E-state index is 0.341. The molecule has 2 rings (SSSR count). The van der Waals surface area contributed by atoms with E-state index in [0.29, 0.717) is 24.4 Å². The molecule has 114 valence electrons. The van der Waals surface area contributed by atoms with Crippen LogP contribution in [0.2, 0.25) is 0 Å². The van der Waals surface area contributed by atoms with Crippen LogP contribution in [0.5, 0.6) is 0 Å². The summed E-state index contributed by atoms with van der Waals surface area (Å²) < 4.78 is 27.6. The third-order valence-electron chi connectivity index (χ3n) is 2.99. The van der Waals surface area contributed by atoms with E-state index in [2.05, 4.69) is 15.0 Å². The van der Waals surface area contributed by atoms with Crippen LogP contribution in [0.15, 0.2) is 34.7 Å². The molecular weight excluding hydrogens is 306 g/mol. The molecule has 2 aromatic rings. The van der Waals surface area contributed by atoms with Crippen LogP contribution >= 0.6 is 11.3 Å². The first-order chi connectivity index (χ1) is 10.0. The van der Waals surface area contributed by atoms with E-state index in [-0.39, 0.29) is 0 Å². The maximum Gasteiger partial charge on any atom is 0.241 e. The van der Waals surface area contributed by atoms with Gasteiger partial charge in [0.25, 0.3) is 0 Å². The third kappa shape index (κ3) is 4.10. The number of hydrogen-bond donors (Lipinski definition) is 2. The van der Waals surface area contributed by atoms with Crippen LogP contribution in [0.4, 0.5) is 0 Å². The van der Waals surface area contributed by atoms with Crippen molar-refractivity contribution in [1.82, 2.24) is 15.0 Å². The molecular formula is C14H19N3O2S2. The lowest BCUT2D eigenvalue weighted by molar-refractivity contribution is 0.579. The molecule has 0 aliphatic rings. The van der Waals surface area contributed by atoms with Gasteiger partial charge in [0, 0.05) is 36.3 Å². The predicted molar refractivity (Wildman–Crippen MR) is 84.9 cm³/mol. The normalized spacial score (nSPS) is 11.7. The molecule has 0 saturated carbocycles. The molecule has 0 bridgehead atoms. The van der Waals surface area contributed by atoms with Crippen molar-refractivity contribution in [2.75, 3.05) is 13.6 Å². The van der Waals surface area contributed by atoms with Crippen LogP contribution in [-0.4, -0.2) is 27.0 Å². The third-order valence-corrected chi connectivity index (χ3v) is 5.92. The van der Waals surface area contributed by atoms with Gasteiger partial charge in [-0.05, 0) is 37.0 Å². The lowest BCUT2D eigenvalue weighted by Crippen LogP contribution is -2.27. The zero-order valence-electron chi connectivity index (χ0n) is 12.1. The number of aromatic nitrogens is 1. The lowest BCUT2D eigenvalue weighted by atomic mass is 10.3. The van der Waals surface area contributed by atoms with Crippen LogP contribution in [0.25, 0.3) is 0 Å². The monoisotopic (exact) mass is 325 g/mol. The first-order valence-corrected chi connectivity index (χ1v) is 9.02.